The lowest BCUT2D eigenvalue weighted by atomic mass is 10.2. The van der Waals surface area contributed by atoms with E-state index in [0.717, 1.165) is 18.6 Å². The lowest BCUT2D eigenvalue weighted by Crippen LogP contribution is -2.30. The van der Waals surface area contributed by atoms with Crippen LogP contribution in [-0.4, -0.2) is 35.0 Å². The molecule has 0 bridgehead atoms. The van der Waals surface area contributed by atoms with E-state index in [4.69, 9.17) is 0 Å². The smallest absolute Gasteiger partial charge is 0.254 e. The highest BCUT2D eigenvalue weighted by molar-refractivity contribution is 8.00. The number of anilines is 1. The number of amides is 1. The van der Waals surface area contributed by atoms with E-state index in [9.17, 15) is 9.18 Å². The molecule has 1 aliphatic rings. The summed E-state index contributed by atoms with van der Waals surface area (Å²) >= 11 is 1.86. The fourth-order valence-corrected chi connectivity index (χ4v) is 3.29. The van der Waals surface area contributed by atoms with Gasteiger partial charge in [-0.25, -0.2) is 9.37 Å². The van der Waals surface area contributed by atoms with Crippen molar-refractivity contribution in [3.05, 3.63) is 23.6 Å². The van der Waals surface area contributed by atoms with Crippen molar-refractivity contribution in [2.75, 3.05) is 24.2 Å². The summed E-state index contributed by atoms with van der Waals surface area (Å²) in [4.78, 5) is 16.0. The molecule has 2 N–H and O–H groups in total. The number of nitrogens with one attached hydrogen (secondary N) is 2. The van der Waals surface area contributed by atoms with Crippen LogP contribution in [0.25, 0.3) is 0 Å². The molecule has 0 aliphatic carbocycles. The van der Waals surface area contributed by atoms with Gasteiger partial charge in [0.1, 0.15) is 0 Å². The van der Waals surface area contributed by atoms with Crippen molar-refractivity contribution in [2.45, 2.75) is 31.4 Å². The lowest BCUT2D eigenvalue weighted by molar-refractivity contribution is 0.0949. The first-order chi connectivity index (χ1) is 9.72. The van der Waals surface area contributed by atoms with Gasteiger partial charge >= 0.3 is 0 Å². The third-order valence-corrected chi connectivity index (χ3v) is 4.59. The van der Waals surface area contributed by atoms with Gasteiger partial charge < -0.3 is 10.6 Å². The summed E-state index contributed by atoms with van der Waals surface area (Å²) < 4.78 is 14.2. The Morgan fingerprint density at radius 3 is 3.15 bits per heavy atom. The second kappa shape index (κ2) is 7.47. The Balaban J connectivity index is 1.97. The van der Waals surface area contributed by atoms with Crippen LogP contribution >= 0.6 is 11.8 Å². The van der Waals surface area contributed by atoms with Crippen LogP contribution in [0.5, 0.6) is 0 Å². The molecule has 1 fully saturated rings. The molecule has 1 aliphatic heterocycles. The minimum atomic E-state index is -0.572. The number of carbonyl (C=O) groups excluding carboxylic acids is 1. The third kappa shape index (κ3) is 3.85. The van der Waals surface area contributed by atoms with Crippen LogP contribution in [0, 0.1) is 5.82 Å². The molecule has 110 valence electrons. The van der Waals surface area contributed by atoms with Gasteiger partial charge in [-0.3, -0.25) is 4.79 Å². The molecule has 0 saturated carbocycles. The molecule has 2 rings (SSSR count). The summed E-state index contributed by atoms with van der Waals surface area (Å²) in [5.74, 6) is 0.360. The molecule has 0 aromatic carbocycles. The number of rotatable bonds is 6. The average Bonchev–Trinajstić information content (AvgIpc) is 2.97. The van der Waals surface area contributed by atoms with Crippen molar-refractivity contribution in [1.82, 2.24) is 10.3 Å². The summed E-state index contributed by atoms with van der Waals surface area (Å²) in [6, 6.07) is 1.42. The molecule has 0 radical (unpaired) electrons. The molecule has 4 nitrogen and oxygen atoms in total. The largest absolute Gasteiger partial charge is 0.368 e. The van der Waals surface area contributed by atoms with Crippen LogP contribution in [0.4, 0.5) is 10.2 Å². The number of nitrogens with zero attached hydrogens (tertiary/aromatic N) is 1. The van der Waals surface area contributed by atoms with E-state index in [2.05, 4.69) is 15.6 Å². The van der Waals surface area contributed by atoms with E-state index in [-0.39, 0.29) is 17.3 Å². The minimum absolute atomic E-state index is 0.0570. The number of halogens is 1. The van der Waals surface area contributed by atoms with Crippen LogP contribution < -0.4 is 10.6 Å². The van der Waals surface area contributed by atoms with Gasteiger partial charge in [-0.05, 0) is 31.1 Å². The molecule has 1 amide bonds. The first-order valence-electron chi connectivity index (χ1n) is 7.00. The standard InChI is InChI=1S/C14H20FN3OS/c1-2-6-16-13-12(15)11(5-7-17-13)14(19)18-9-10-4-3-8-20-10/h5,7,10H,2-4,6,8-9H2,1H3,(H,16,17)(H,18,19). The van der Waals surface area contributed by atoms with Gasteiger partial charge in [0.05, 0.1) is 5.56 Å². The second-order valence-electron chi connectivity index (χ2n) is 4.79. The normalized spacial score (nSPS) is 18.0. The molecular weight excluding hydrogens is 277 g/mol. The van der Waals surface area contributed by atoms with E-state index in [0.29, 0.717) is 18.3 Å². The maximum Gasteiger partial charge on any atom is 0.254 e. The third-order valence-electron chi connectivity index (χ3n) is 3.19. The molecular formula is C14H20FN3OS. The van der Waals surface area contributed by atoms with Gasteiger partial charge in [0.15, 0.2) is 11.6 Å². The average molecular weight is 297 g/mol. The van der Waals surface area contributed by atoms with Crippen molar-refractivity contribution >= 4 is 23.5 Å². The summed E-state index contributed by atoms with van der Waals surface area (Å²) in [5.41, 5.74) is 0.0570. The van der Waals surface area contributed by atoms with Gasteiger partial charge in [0, 0.05) is 24.5 Å². The molecule has 1 saturated heterocycles. The van der Waals surface area contributed by atoms with Gasteiger partial charge in [-0.2, -0.15) is 11.8 Å². The summed E-state index contributed by atoms with van der Waals surface area (Å²) in [6.45, 7) is 3.22. The van der Waals surface area contributed by atoms with Crippen LogP contribution in [0.15, 0.2) is 12.3 Å². The topological polar surface area (TPSA) is 54.0 Å². The molecule has 1 unspecified atom stereocenters. The minimum Gasteiger partial charge on any atom is -0.368 e. The number of thioether (sulfide) groups is 1. The number of aromatic nitrogens is 1. The van der Waals surface area contributed by atoms with Crippen LogP contribution in [0.1, 0.15) is 36.5 Å². The van der Waals surface area contributed by atoms with Gasteiger partial charge in [0.2, 0.25) is 0 Å². The van der Waals surface area contributed by atoms with E-state index in [1.807, 2.05) is 18.7 Å². The first-order valence-corrected chi connectivity index (χ1v) is 8.05. The molecule has 1 atom stereocenters. The Labute approximate surface area is 122 Å². The van der Waals surface area contributed by atoms with Crippen LogP contribution in [0.3, 0.4) is 0 Å². The van der Waals surface area contributed by atoms with Crippen molar-refractivity contribution in [2.24, 2.45) is 0 Å². The molecule has 1 aromatic heterocycles. The molecule has 1 aromatic rings. The molecule has 6 heteroatoms. The highest BCUT2D eigenvalue weighted by Gasteiger charge is 2.19. The van der Waals surface area contributed by atoms with E-state index >= 15 is 0 Å². The Kier molecular flexibility index (Phi) is 5.64. The Morgan fingerprint density at radius 1 is 1.60 bits per heavy atom. The predicted molar refractivity (Wildman–Crippen MR) is 80.8 cm³/mol. The van der Waals surface area contributed by atoms with E-state index in [1.165, 1.54) is 18.7 Å². The molecule has 0 spiro atoms. The van der Waals surface area contributed by atoms with Gasteiger partial charge in [-0.1, -0.05) is 6.92 Å². The van der Waals surface area contributed by atoms with Crippen molar-refractivity contribution in [3.63, 3.8) is 0 Å². The zero-order chi connectivity index (χ0) is 14.4. The lowest BCUT2D eigenvalue weighted by Gasteiger charge is -2.12. The highest BCUT2D eigenvalue weighted by Crippen LogP contribution is 2.25. The SMILES string of the molecule is CCCNc1nccc(C(=O)NCC2CCCS2)c1F. The zero-order valence-corrected chi connectivity index (χ0v) is 12.4. The zero-order valence-electron chi connectivity index (χ0n) is 11.6. The quantitative estimate of drug-likeness (QED) is 0.847. The Morgan fingerprint density at radius 2 is 2.45 bits per heavy atom. The molecule has 20 heavy (non-hydrogen) atoms. The van der Waals surface area contributed by atoms with Crippen molar-refractivity contribution < 1.29 is 9.18 Å². The fourth-order valence-electron chi connectivity index (χ4n) is 2.09. The predicted octanol–water partition coefficient (Wildman–Crippen LogP) is 2.67. The first kappa shape index (κ1) is 15.1. The van der Waals surface area contributed by atoms with E-state index in [1.54, 1.807) is 0 Å². The second-order valence-corrected chi connectivity index (χ2v) is 6.20. The number of pyridine rings is 1. The summed E-state index contributed by atoms with van der Waals surface area (Å²) in [5, 5.41) is 6.15. The van der Waals surface area contributed by atoms with Crippen LogP contribution in [-0.2, 0) is 0 Å². The number of hydrogen-bond acceptors (Lipinski definition) is 4. The Bertz CT molecular complexity index is 464. The van der Waals surface area contributed by atoms with Gasteiger partial charge in [0.25, 0.3) is 5.91 Å². The maximum absolute atomic E-state index is 14.2. The number of hydrogen-bond donors (Lipinski definition) is 2. The van der Waals surface area contributed by atoms with E-state index < -0.39 is 5.82 Å². The van der Waals surface area contributed by atoms with Gasteiger partial charge in [-0.15, -0.1) is 0 Å². The number of carbonyl (C=O) groups is 1. The summed E-state index contributed by atoms with van der Waals surface area (Å²) in [6.07, 6.45) is 4.64. The monoisotopic (exact) mass is 297 g/mol. The highest BCUT2D eigenvalue weighted by atomic mass is 32.2. The van der Waals surface area contributed by atoms with Crippen molar-refractivity contribution in [3.8, 4) is 0 Å². The summed E-state index contributed by atoms with van der Waals surface area (Å²) in [7, 11) is 0. The van der Waals surface area contributed by atoms with Crippen molar-refractivity contribution in [1.29, 1.82) is 0 Å². The maximum atomic E-state index is 14.2. The Hall–Kier alpha value is -1.30. The van der Waals surface area contributed by atoms with Crippen LogP contribution in [0.2, 0.25) is 0 Å². The fraction of sp³-hybridized carbons (Fsp3) is 0.571. The molecule has 2 heterocycles.